The van der Waals surface area contributed by atoms with Crippen molar-refractivity contribution in [3.05, 3.63) is 29.3 Å². The molecule has 108 valence electrons. The van der Waals surface area contributed by atoms with Gasteiger partial charge in [-0.05, 0) is 51.5 Å². The normalized spacial score (nSPS) is 10.6. The molecule has 0 aromatic heterocycles. The van der Waals surface area contributed by atoms with Crippen LogP contribution in [0.2, 0.25) is 0 Å². The van der Waals surface area contributed by atoms with Crippen LogP contribution in [0.5, 0.6) is 0 Å². The van der Waals surface area contributed by atoms with Gasteiger partial charge in [0.15, 0.2) is 0 Å². The standard InChI is InChI=1S/C15H21N3O2/c1-11-9-13(6-5-12(11)10-16)17-7-8-18-14(19)20-15(2,3)4/h5-6,9,17H,7-8H2,1-4H3,(H,18,19). The number of hydrogen-bond acceptors (Lipinski definition) is 4. The van der Waals surface area contributed by atoms with Crippen molar-refractivity contribution in [3.8, 4) is 6.07 Å². The summed E-state index contributed by atoms with van der Waals surface area (Å²) < 4.78 is 5.13. The summed E-state index contributed by atoms with van der Waals surface area (Å²) in [6.07, 6.45) is -0.421. The molecule has 0 saturated heterocycles. The van der Waals surface area contributed by atoms with Gasteiger partial charge in [-0.25, -0.2) is 4.79 Å². The number of carbonyl (C=O) groups excluding carboxylic acids is 1. The number of carbonyl (C=O) groups is 1. The molecular formula is C15H21N3O2. The summed E-state index contributed by atoms with van der Waals surface area (Å²) in [4.78, 5) is 11.4. The number of nitriles is 1. The van der Waals surface area contributed by atoms with Gasteiger partial charge in [0.25, 0.3) is 0 Å². The maximum absolute atomic E-state index is 11.4. The van der Waals surface area contributed by atoms with Gasteiger partial charge in [-0.15, -0.1) is 0 Å². The van der Waals surface area contributed by atoms with E-state index in [-0.39, 0.29) is 0 Å². The highest BCUT2D eigenvalue weighted by Crippen LogP contribution is 2.13. The van der Waals surface area contributed by atoms with Crippen LogP contribution in [0.25, 0.3) is 0 Å². The van der Waals surface area contributed by atoms with E-state index < -0.39 is 11.7 Å². The number of alkyl carbamates (subject to hydrolysis) is 1. The largest absolute Gasteiger partial charge is 0.444 e. The Kier molecular flexibility index (Phi) is 5.39. The average Bonchev–Trinajstić information content (AvgIpc) is 2.33. The molecule has 0 fully saturated rings. The van der Waals surface area contributed by atoms with Gasteiger partial charge in [-0.3, -0.25) is 0 Å². The van der Waals surface area contributed by atoms with Gasteiger partial charge in [0, 0.05) is 18.8 Å². The molecule has 0 aliphatic rings. The van der Waals surface area contributed by atoms with E-state index in [4.69, 9.17) is 10.00 Å². The number of anilines is 1. The predicted octanol–water partition coefficient (Wildman–Crippen LogP) is 2.80. The van der Waals surface area contributed by atoms with Crippen molar-refractivity contribution in [3.63, 3.8) is 0 Å². The van der Waals surface area contributed by atoms with E-state index in [1.54, 1.807) is 6.07 Å². The molecule has 0 aliphatic carbocycles. The number of aryl methyl sites for hydroxylation is 1. The lowest BCUT2D eigenvalue weighted by Gasteiger charge is -2.19. The van der Waals surface area contributed by atoms with Crippen molar-refractivity contribution in [2.45, 2.75) is 33.3 Å². The Morgan fingerprint density at radius 2 is 2.05 bits per heavy atom. The van der Waals surface area contributed by atoms with E-state index in [0.29, 0.717) is 18.7 Å². The first-order valence-corrected chi connectivity index (χ1v) is 6.53. The van der Waals surface area contributed by atoms with E-state index in [2.05, 4.69) is 16.7 Å². The van der Waals surface area contributed by atoms with E-state index in [0.717, 1.165) is 11.3 Å². The van der Waals surface area contributed by atoms with Crippen molar-refractivity contribution in [2.75, 3.05) is 18.4 Å². The monoisotopic (exact) mass is 275 g/mol. The van der Waals surface area contributed by atoms with Crippen LogP contribution in [0.15, 0.2) is 18.2 Å². The van der Waals surface area contributed by atoms with E-state index in [1.165, 1.54) is 0 Å². The van der Waals surface area contributed by atoms with Crippen LogP contribution in [-0.2, 0) is 4.74 Å². The molecular weight excluding hydrogens is 254 g/mol. The molecule has 0 saturated carbocycles. The number of hydrogen-bond donors (Lipinski definition) is 2. The second kappa shape index (κ2) is 6.80. The second-order valence-electron chi connectivity index (χ2n) is 5.50. The molecule has 0 radical (unpaired) electrons. The molecule has 0 bridgehead atoms. The zero-order valence-electron chi connectivity index (χ0n) is 12.4. The van der Waals surface area contributed by atoms with Gasteiger partial charge in [-0.1, -0.05) is 0 Å². The van der Waals surface area contributed by atoms with Gasteiger partial charge in [0.1, 0.15) is 5.60 Å². The van der Waals surface area contributed by atoms with Crippen molar-refractivity contribution < 1.29 is 9.53 Å². The Morgan fingerprint density at radius 1 is 1.35 bits per heavy atom. The van der Waals surface area contributed by atoms with Crippen LogP contribution < -0.4 is 10.6 Å². The summed E-state index contributed by atoms with van der Waals surface area (Å²) in [6, 6.07) is 7.66. The molecule has 0 aliphatic heterocycles. The molecule has 5 heteroatoms. The Bertz CT molecular complexity index is 513. The third-order valence-corrected chi connectivity index (χ3v) is 2.47. The number of nitrogens with one attached hydrogen (secondary N) is 2. The lowest BCUT2D eigenvalue weighted by atomic mass is 10.1. The molecule has 1 rings (SSSR count). The summed E-state index contributed by atoms with van der Waals surface area (Å²) in [6.45, 7) is 8.42. The van der Waals surface area contributed by atoms with Crippen LogP contribution >= 0.6 is 0 Å². The lowest BCUT2D eigenvalue weighted by molar-refractivity contribution is 0.0530. The first kappa shape index (κ1) is 15.8. The average molecular weight is 275 g/mol. The summed E-state index contributed by atoms with van der Waals surface area (Å²) in [7, 11) is 0. The molecule has 0 heterocycles. The molecule has 20 heavy (non-hydrogen) atoms. The Labute approximate surface area is 119 Å². The second-order valence-corrected chi connectivity index (χ2v) is 5.50. The molecule has 0 unspecified atom stereocenters. The minimum Gasteiger partial charge on any atom is -0.444 e. The Hall–Kier alpha value is -2.22. The summed E-state index contributed by atoms with van der Waals surface area (Å²) >= 11 is 0. The topological polar surface area (TPSA) is 74.2 Å². The molecule has 1 aromatic carbocycles. The van der Waals surface area contributed by atoms with E-state index in [9.17, 15) is 4.79 Å². The minimum atomic E-state index is -0.484. The predicted molar refractivity (Wildman–Crippen MR) is 78.6 cm³/mol. The fourth-order valence-electron chi connectivity index (χ4n) is 1.58. The zero-order valence-corrected chi connectivity index (χ0v) is 12.4. The van der Waals surface area contributed by atoms with Crippen LogP contribution in [0.1, 0.15) is 31.9 Å². The van der Waals surface area contributed by atoms with E-state index in [1.807, 2.05) is 39.8 Å². The SMILES string of the molecule is Cc1cc(NCCNC(=O)OC(C)(C)C)ccc1C#N. The van der Waals surface area contributed by atoms with Gasteiger partial charge < -0.3 is 15.4 Å². The number of nitrogens with zero attached hydrogens (tertiary/aromatic N) is 1. The van der Waals surface area contributed by atoms with Crippen molar-refractivity contribution in [1.29, 1.82) is 5.26 Å². The fourth-order valence-corrected chi connectivity index (χ4v) is 1.58. The molecule has 2 N–H and O–H groups in total. The molecule has 0 spiro atoms. The van der Waals surface area contributed by atoms with Gasteiger partial charge in [0.2, 0.25) is 0 Å². The highest BCUT2D eigenvalue weighted by molar-refractivity contribution is 5.67. The maximum atomic E-state index is 11.4. The summed E-state index contributed by atoms with van der Waals surface area (Å²) in [5.74, 6) is 0. The van der Waals surface area contributed by atoms with E-state index >= 15 is 0 Å². The van der Waals surface area contributed by atoms with Crippen LogP contribution in [0.3, 0.4) is 0 Å². The first-order chi connectivity index (χ1) is 9.31. The van der Waals surface area contributed by atoms with Gasteiger partial charge in [-0.2, -0.15) is 5.26 Å². The first-order valence-electron chi connectivity index (χ1n) is 6.53. The molecule has 5 nitrogen and oxygen atoms in total. The Balaban J connectivity index is 2.33. The molecule has 0 atom stereocenters. The quantitative estimate of drug-likeness (QED) is 0.829. The van der Waals surface area contributed by atoms with Gasteiger partial charge >= 0.3 is 6.09 Å². The van der Waals surface area contributed by atoms with Crippen molar-refractivity contribution in [1.82, 2.24) is 5.32 Å². The van der Waals surface area contributed by atoms with Crippen molar-refractivity contribution >= 4 is 11.8 Å². The summed E-state index contributed by atoms with van der Waals surface area (Å²) in [5, 5.41) is 14.7. The summed E-state index contributed by atoms with van der Waals surface area (Å²) in [5.41, 5.74) is 2.04. The Morgan fingerprint density at radius 3 is 2.60 bits per heavy atom. The minimum absolute atomic E-state index is 0.421. The lowest BCUT2D eigenvalue weighted by Crippen LogP contribution is -2.34. The number of benzene rings is 1. The maximum Gasteiger partial charge on any atom is 0.407 e. The van der Waals surface area contributed by atoms with Crippen LogP contribution in [0.4, 0.5) is 10.5 Å². The third kappa shape index (κ3) is 5.61. The highest BCUT2D eigenvalue weighted by Gasteiger charge is 2.15. The highest BCUT2D eigenvalue weighted by atomic mass is 16.6. The number of ether oxygens (including phenoxy) is 1. The number of amides is 1. The number of rotatable bonds is 4. The smallest absolute Gasteiger partial charge is 0.407 e. The molecule has 1 amide bonds. The van der Waals surface area contributed by atoms with Gasteiger partial charge in [0.05, 0.1) is 11.6 Å². The fraction of sp³-hybridized carbons (Fsp3) is 0.467. The van der Waals surface area contributed by atoms with Crippen LogP contribution in [0, 0.1) is 18.3 Å². The molecule has 1 aromatic rings. The van der Waals surface area contributed by atoms with Crippen molar-refractivity contribution in [2.24, 2.45) is 0 Å². The third-order valence-electron chi connectivity index (χ3n) is 2.47. The zero-order chi connectivity index (χ0) is 15.2. The van der Waals surface area contributed by atoms with Crippen LogP contribution in [-0.4, -0.2) is 24.8 Å².